The molecule has 0 unspecified atom stereocenters. The van der Waals surface area contributed by atoms with Gasteiger partial charge in [0.05, 0.1) is 22.8 Å². The number of nitrogens with zero attached hydrogens (tertiary/aromatic N) is 4. The van der Waals surface area contributed by atoms with Gasteiger partial charge in [0.1, 0.15) is 0 Å². The van der Waals surface area contributed by atoms with E-state index in [-0.39, 0.29) is 12.2 Å². The summed E-state index contributed by atoms with van der Waals surface area (Å²) in [5.41, 5.74) is 6.44. The van der Waals surface area contributed by atoms with E-state index >= 15 is 0 Å². The lowest BCUT2D eigenvalue weighted by Crippen LogP contribution is -2.37. The number of nitrogens with two attached hydrogens (primary N) is 1. The van der Waals surface area contributed by atoms with Gasteiger partial charge >= 0.3 is 0 Å². The van der Waals surface area contributed by atoms with E-state index in [1.807, 2.05) is 0 Å². The summed E-state index contributed by atoms with van der Waals surface area (Å²) in [6.45, 7) is 0.446. The van der Waals surface area contributed by atoms with Crippen LogP contribution in [0.3, 0.4) is 0 Å². The minimum atomic E-state index is -1.69. The van der Waals surface area contributed by atoms with Crippen molar-refractivity contribution in [2.24, 2.45) is 5.73 Å². The number of fused-ring (bicyclic) bond motifs is 1. The van der Waals surface area contributed by atoms with Crippen molar-refractivity contribution in [3.8, 4) is 29.2 Å². The zero-order valence-corrected chi connectivity index (χ0v) is 16.1. The smallest absolute Gasteiger partial charge is 0.285 e. The Bertz CT molecular complexity index is 1310. The minimum Gasteiger partial charge on any atom is -0.369 e. The average Bonchev–Trinajstić information content (AvgIpc) is 3.26. The summed E-state index contributed by atoms with van der Waals surface area (Å²) in [6.07, 6.45) is 1.82. The summed E-state index contributed by atoms with van der Waals surface area (Å²) in [5, 5.41) is 19.7. The molecule has 3 N–H and O–H groups in total. The van der Waals surface area contributed by atoms with Gasteiger partial charge in [0, 0.05) is 37.3 Å². The molecule has 1 atom stereocenters. The number of imidazole rings is 1. The molecule has 2 aromatic heterocycles. The number of aromatic nitrogens is 2. The van der Waals surface area contributed by atoms with Crippen LogP contribution in [-0.2, 0) is 4.79 Å². The molecule has 2 amide bonds. The number of carbonyl (C=O) groups excluding carboxylic acids is 2. The Kier molecular flexibility index (Phi) is 4.50. The number of primary amides is 1. The molecule has 3 heterocycles. The Morgan fingerprint density at radius 3 is 2.77 bits per heavy atom. The summed E-state index contributed by atoms with van der Waals surface area (Å²) in [4.78, 5) is 29.7. The number of rotatable bonds is 2. The van der Waals surface area contributed by atoms with Crippen LogP contribution in [0.15, 0.2) is 42.6 Å². The third-order valence-electron chi connectivity index (χ3n) is 5.05. The van der Waals surface area contributed by atoms with Gasteiger partial charge in [0.2, 0.25) is 11.4 Å². The highest BCUT2D eigenvalue weighted by molar-refractivity contribution is 5.94. The van der Waals surface area contributed by atoms with Crippen LogP contribution in [0.5, 0.6) is 0 Å². The van der Waals surface area contributed by atoms with E-state index in [2.05, 4.69) is 22.9 Å². The summed E-state index contributed by atoms with van der Waals surface area (Å²) in [5.74, 6) is 4.49. The van der Waals surface area contributed by atoms with Crippen LogP contribution in [0.2, 0.25) is 0 Å². The number of pyridine rings is 1. The quantitative estimate of drug-likeness (QED) is 0.620. The molecule has 0 spiro atoms. The number of hydrogen-bond donors (Lipinski definition) is 2. The second-order valence-electron chi connectivity index (χ2n) is 7.10. The van der Waals surface area contributed by atoms with E-state index in [1.54, 1.807) is 49.6 Å². The van der Waals surface area contributed by atoms with Crippen LogP contribution >= 0.6 is 0 Å². The molecule has 0 bridgehead atoms. The Morgan fingerprint density at radius 1 is 1.30 bits per heavy atom. The van der Waals surface area contributed by atoms with Crippen molar-refractivity contribution in [2.45, 2.75) is 12.0 Å². The lowest BCUT2D eigenvalue weighted by molar-refractivity contribution is -0.137. The van der Waals surface area contributed by atoms with Crippen molar-refractivity contribution < 1.29 is 14.7 Å². The maximum absolute atomic E-state index is 12.1. The zero-order chi connectivity index (χ0) is 21.5. The summed E-state index contributed by atoms with van der Waals surface area (Å²) >= 11 is 0. The number of nitriles is 1. The van der Waals surface area contributed by atoms with Crippen molar-refractivity contribution in [2.75, 3.05) is 13.6 Å². The van der Waals surface area contributed by atoms with Gasteiger partial charge in [-0.1, -0.05) is 24.0 Å². The Morgan fingerprint density at radius 2 is 2.10 bits per heavy atom. The van der Waals surface area contributed by atoms with Crippen LogP contribution in [0, 0.1) is 23.2 Å². The van der Waals surface area contributed by atoms with Gasteiger partial charge in [-0.15, -0.1) is 0 Å². The zero-order valence-electron chi connectivity index (χ0n) is 16.1. The molecule has 0 radical (unpaired) electrons. The molecule has 1 fully saturated rings. The fourth-order valence-corrected chi connectivity index (χ4v) is 3.43. The number of carbonyl (C=O) groups is 2. The average molecular weight is 399 g/mol. The van der Waals surface area contributed by atoms with E-state index < -0.39 is 17.4 Å². The number of hydrogen-bond acceptors (Lipinski definition) is 5. The second-order valence-corrected chi connectivity index (χ2v) is 7.10. The van der Waals surface area contributed by atoms with Crippen LogP contribution < -0.4 is 5.73 Å². The van der Waals surface area contributed by atoms with Crippen LogP contribution in [0.25, 0.3) is 16.8 Å². The number of likely N-dealkylation sites (N-methyl/N-ethyl adjacent to an activating group) is 1. The first-order valence-corrected chi connectivity index (χ1v) is 9.16. The number of aliphatic hydroxyl groups is 1. The predicted molar refractivity (Wildman–Crippen MR) is 108 cm³/mol. The van der Waals surface area contributed by atoms with Crippen LogP contribution in [0.1, 0.15) is 28.2 Å². The lowest BCUT2D eigenvalue weighted by atomic mass is 10.0. The van der Waals surface area contributed by atoms with E-state index in [4.69, 9.17) is 5.73 Å². The fraction of sp³-hybridized carbons (Fsp3) is 0.182. The van der Waals surface area contributed by atoms with Crippen LogP contribution in [0.4, 0.5) is 0 Å². The summed E-state index contributed by atoms with van der Waals surface area (Å²) in [6, 6.07) is 12.3. The molecule has 4 rings (SSSR count). The molecule has 3 aromatic rings. The van der Waals surface area contributed by atoms with E-state index in [0.29, 0.717) is 34.4 Å². The molecular formula is C22H17N5O3. The Balaban J connectivity index is 1.80. The number of likely N-dealkylation sites (tertiary alicyclic amines) is 1. The second kappa shape index (κ2) is 7.03. The van der Waals surface area contributed by atoms with Crippen molar-refractivity contribution in [3.63, 3.8) is 0 Å². The van der Waals surface area contributed by atoms with E-state index in [1.165, 1.54) is 9.30 Å². The van der Waals surface area contributed by atoms with Gasteiger partial charge < -0.3 is 15.7 Å². The van der Waals surface area contributed by atoms with Gasteiger partial charge in [0.15, 0.2) is 0 Å². The molecule has 1 aliphatic rings. The lowest BCUT2D eigenvalue weighted by Gasteiger charge is -2.13. The molecular weight excluding hydrogens is 382 g/mol. The minimum absolute atomic E-state index is 0.0508. The molecule has 8 nitrogen and oxygen atoms in total. The van der Waals surface area contributed by atoms with Crippen molar-refractivity contribution in [1.82, 2.24) is 14.3 Å². The molecule has 1 aromatic carbocycles. The fourth-order valence-electron chi connectivity index (χ4n) is 3.43. The first-order chi connectivity index (χ1) is 14.3. The molecule has 1 aliphatic heterocycles. The SMILES string of the molecule is CN1CC[C@@](O)(C#Cc2cccc(-c3nc(C(N)=O)n4ccc(C#N)cc34)c2)C1=O. The van der Waals surface area contributed by atoms with Gasteiger partial charge in [0.25, 0.3) is 11.8 Å². The maximum Gasteiger partial charge on any atom is 0.285 e. The normalized spacial score (nSPS) is 18.2. The first-order valence-electron chi connectivity index (χ1n) is 9.16. The maximum atomic E-state index is 12.1. The van der Waals surface area contributed by atoms with Gasteiger partial charge in [-0.2, -0.15) is 5.26 Å². The van der Waals surface area contributed by atoms with Gasteiger partial charge in [-0.05, 0) is 24.3 Å². The highest BCUT2D eigenvalue weighted by Gasteiger charge is 2.42. The first kappa shape index (κ1) is 19.2. The molecule has 8 heteroatoms. The largest absolute Gasteiger partial charge is 0.369 e. The van der Waals surface area contributed by atoms with Gasteiger partial charge in [-0.3, -0.25) is 14.0 Å². The third kappa shape index (κ3) is 3.16. The Hall–Kier alpha value is -4.14. The number of benzene rings is 1. The van der Waals surface area contributed by atoms with Crippen LogP contribution in [-0.4, -0.2) is 50.4 Å². The van der Waals surface area contributed by atoms with Crippen molar-refractivity contribution in [3.05, 3.63) is 59.5 Å². The molecule has 148 valence electrons. The molecule has 1 saturated heterocycles. The van der Waals surface area contributed by atoms with Crippen molar-refractivity contribution in [1.29, 1.82) is 5.26 Å². The third-order valence-corrected chi connectivity index (χ3v) is 5.05. The predicted octanol–water partition coefficient (Wildman–Crippen LogP) is 0.917. The Labute approximate surface area is 172 Å². The van der Waals surface area contributed by atoms with E-state index in [9.17, 15) is 20.0 Å². The number of amides is 2. The highest BCUT2D eigenvalue weighted by atomic mass is 16.3. The molecule has 0 saturated carbocycles. The summed E-state index contributed by atoms with van der Waals surface area (Å²) in [7, 11) is 1.62. The summed E-state index contributed by atoms with van der Waals surface area (Å²) < 4.78 is 1.53. The van der Waals surface area contributed by atoms with Crippen molar-refractivity contribution >= 4 is 17.3 Å². The highest BCUT2D eigenvalue weighted by Crippen LogP contribution is 2.27. The topological polar surface area (TPSA) is 125 Å². The van der Waals surface area contributed by atoms with E-state index in [0.717, 1.165) is 0 Å². The standard InChI is InChI=1S/C22H17N5O3/c1-26-10-8-22(30,21(26)29)7-5-14-3-2-4-16(11-14)18-17-12-15(13-23)6-9-27(17)20(25-18)19(24)28/h2-4,6,9,11-12,30H,8,10H2,1H3,(H2,24,28)/t22-/m0/s1. The van der Waals surface area contributed by atoms with Gasteiger partial charge in [-0.25, -0.2) is 4.98 Å². The molecule has 30 heavy (non-hydrogen) atoms. The molecule has 0 aliphatic carbocycles. The monoisotopic (exact) mass is 399 g/mol.